The van der Waals surface area contributed by atoms with Gasteiger partial charge < -0.3 is 4.74 Å². The van der Waals surface area contributed by atoms with E-state index in [1.54, 1.807) is 7.11 Å². The standard InChI is InChI=1S/C15H22N4O5/c1-11(6-5-9-15(2,3)24-4)16-17-13-8-7-12(18(20)21)10-14(13)19(22)23/h7-8,10,17H,5-6,9H2,1-4H3/b16-11-. The number of hydrazone groups is 1. The second-order valence-electron chi connectivity index (χ2n) is 5.99. The molecule has 0 saturated heterocycles. The summed E-state index contributed by atoms with van der Waals surface area (Å²) in [6.45, 7) is 5.81. The number of ether oxygens (including phenoxy) is 1. The highest BCUT2D eigenvalue weighted by Gasteiger charge is 2.19. The van der Waals surface area contributed by atoms with Crippen LogP contribution in [0.3, 0.4) is 0 Å². The first-order chi connectivity index (χ1) is 11.2. The van der Waals surface area contributed by atoms with E-state index in [1.807, 2.05) is 20.8 Å². The van der Waals surface area contributed by atoms with E-state index in [0.29, 0.717) is 6.42 Å². The average Bonchev–Trinajstić information content (AvgIpc) is 2.52. The van der Waals surface area contributed by atoms with Gasteiger partial charge in [-0.25, -0.2) is 0 Å². The minimum absolute atomic E-state index is 0.113. The fourth-order valence-corrected chi connectivity index (χ4v) is 1.96. The third-order valence-electron chi connectivity index (χ3n) is 3.63. The number of anilines is 1. The molecule has 0 aliphatic rings. The molecule has 0 radical (unpaired) electrons. The number of hydrogen-bond acceptors (Lipinski definition) is 7. The smallest absolute Gasteiger partial charge is 0.301 e. The molecule has 9 heteroatoms. The summed E-state index contributed by atoms with van der Waals surface area (Å²) in [6.07, 6.45) is 2.43. The molecule has 1 N–H and O–H groups in total. The number of hydrogen-bond donors (Lipinski definition) is 1. The molecule has 0 heterocycles. The maximum atomic E-state index is 11.0. The fourth-order valence-electron chi connectivity index (χ4n) is 1.96. The Morgan fingerprint density at radius 3 is 2.50 bits per heavy atom. The molecule has 0 aliphatic carbocycles. The van der Waals surface area contributed by atoms with Crippen LogP contribution in [-0.2, 0) is 4.74 Å². The van der Waals surface area contributed by atoms with Crippen LogP contribution in [0.5, 0.6) is 0 Å². The van der Waals surface area contributed by atoms with Crippen LogP contribution in [-0.4, -0.2) is 28.3 Å². The molecule has 0 saturated carbocycles. The van der Waals surface area contributed by atoms with E-state index in [0.717, 1.165) is 24.6 Å². The largest absolute Gasteiger partial charge is 0.379 e. The Balaban J connectivity index is 2.75. The number of benzene rings is 1. The zero-order valence-corrected chi connectivity index (χ0v) is 14.2. The van der Waals surface area contributed by atoms with Crippen molar-refractivity contribution in [2.24, 2.45) is 5.10 Å². The SMILES string of the molecule is COC(C)(C)CCC/C(C)=N\Nc1ccc([N+](=O)[O-])cc1[N+](=O)[O-]. The van der Waals surface area contributed by atoms with Crippen molar-refractivity contribution in [2.75, 3.05) is 12.5 Å². The third-order valence-corrected chi connectivity index (χ3v) is 3.63. The molecule has 0 fully saturated rings. The number of nitro groups is 2. The highest BCUT2D eigenvalue weighted by atomic mass is 16.6. The van der Waals surface area contributed by atoms with Crippen LogP contribution in [0.25, 0.3) is 0 Å². The van der Waals surface area contributed by atoms with Crippen molar-refractivity contribution < 1.29 is 14.6 Å². The van der Waals surface area contributed by atoms with Gasteiger partial charge in [-0.05, 0) is 46.1 Å². The van der Waals surface area contributed by atoms with Crippen LogP contribution in [0, 0.1) is 20.2 Å². The van der Waals surface area contributed by atoms with Crippen LogP contribution in [0.4, 0.5) is 17.1 Å². The third kappa shape index (κ3) is 5.92. The first kappa shape index (κ1) is 19.5. The first-order valence-electron chi connectivity index (χ1n) is 7.43. The predicted molar refractivity (Wildman–Crippen MR) is 91.4 cm³/mol. The van der Waals surface area contributed by atoms with Gasteiger partial charge in [0.2, 0.25) is 0 Å². The van der Waals surface area contributed by atoms with Gasteiger partial charge in [0.15, 0.2) is 0 Å². The Hall–Kier alpha value is -2.55. The number of non-ortho nitro benzene ring substituents is 1. The monoisotopic (exact) mass is 338 g/mol. The Kier molecular flexibility index (Phi) is 6.78. The molecule has 0 unspecified atom stereocenters. The van der Waals surface area contributed by atoms with Gasteiger partial charge >= 0.3 is 5.69 Å². The second-order valence-corrected chi connectivity index (χ2v) is 5.99. The van der Waals surface area contributed by atoms with Gasteiger partial charge in [0.25, 0.3) is 5.69 Å². The Bertz CT molecular complexity index is 643. The Morgan fingerprint density at radius 2 is 1.96 bits per heavy atom. The maximum absolute atomic E-state index is 11.0. The summed E-state index contributed by atoms with van der Waals surface area (Å²) in [5.41, 5.74) is 2.57. The van der Waals surface area contributed by atoms with E-state index < -0.39 is 9.85 Å². The predicted octanol–water partition coefficient (Wildman–Crippen LogP) is 3.89. The molecule has 0 aromatic heterocycles. The van der Waals surface area contributed by atoms with Crippen molar-refractivity contribution in [1.29, 1.82) is 0 Å². The first-order valence-corrected chi connectivity index (χ1v) is 7.43. The number of nitrogens with one attached hydrogen (secondary N) is 1. The van der Waals surface area contributed by atoms with E-state index in [9.17, 15) is 20.2 Å². The normalized spacial score (nSPS) is 12.1. The molecule has 1 aromatic rings. The number of methoxy groups -OCH3 is 1. The molecule has 0 amide bonds. The zero-order valence-electron chi connectivity index (χ0n) is 14.2. The minimum atomic E-state index is -0.679. The summed E-state index contributed by atoms with van der Waals surface area (Å²) in [5.74, 6) is 0. The fraction of sp³-hybridized carbons (Fsp3) is 0.533. The molecular formula is C15H22N4O5. The van der Waals surface area contributed by atoms with Crippen LogP contribution >= 0.6 is 0 Å². The van der Waals surface area contributed by atoms with Crippen molar-refractivity contribution in [2.45, 2.75) is 45.6 Å². The van der Waals surface area contributed by atoms with E-state index >= 15 is 0 Å². The molecule has 0 bridgehead atoms. The molecule has 0 spiro atoms. The molecule has 1 rings (SSSR count). The van der Waals surface area contributed by atoms with Gasteiger partial charge in [0, 0.05) is 18.9 Å². The van der Waals surface area contributed by atoms with Crippen LogP contribution in [0.15, 0.2) is 23.3 Å². The summed E-state index contributed by atoms with van der Waals surface area (Å²) >= 11 is 0. The minimum Gasteiger partial charge on any atom is -0.379 e. The molecule has 0 atom stereocenters. The van der Waals surface area contributed by atoms with Gasteiger partial charge in [-0.2, -0.15) is 5.10 Å². The topological polar surface area (TPSA) is 120 Å². The van der Waals surface area contributed by atoms with Crippen molar-refractivity contribution >= 4 is 22.8 Å². The number of nitro benzene ring substituents is 2. The van der Waals surface area contributed by atoms with E-state index in [1.165, 1.54) is 12.1 Å². The number of nitrogens with zero attached hydrogens (tertiary/aromatic N) is 3. The summed E-state index contributed by atoms with van der Waals surface area (Å²) in [7, 11) is 1.66. The lowest BCUT2D eigenvalue weighted by atomic mass is 10.0. The van der Waals surface area contributed by atoms with Crippen molar-refractivity contribution in [3.63, 3.8) is 0 Å². The van der Waals surface area contributed by atoms with Crippen molar-refractivity contribution in [3.8, 4) is 0 Å². The summed E-state index contributed by atoms with van der Waals surface area (Å²) in [6, 6.07) is 3.39. The molecule has 9 nitrogen and oxygen atoms in total. The van der Waals surface area contributed by atoms with Crippen molar-refractivity contribution in [3.05, 3.63) is 38.4 Å². The Labute approximate surface area is 140 Å². The van der Waals surface area contributed by atoms with Gasteiger partial charge in [-0.15, -0.1) is 0 Å². The quantitative estimate of drug-likeness (QED) is 0.414. The van der Waals surface area contributed by atoms with Gasteiger partial charge in [-0.3, -0.25) is 25.7 Å². The molecule has 132 valence electrons. The van der Waals surface area contributed by atoms with Crippen LogP contribution in [0.2, 0.25) is 0 Å². The lowest BCUT2D eigenvalue weighted by molar-refractivity contribution is -0.393. The Morgan fingerprint density at radius 1 is 1.29 bits per heavy atom. The highest BCUT2D eigenvalue weighted by Crippen LogP contribution is 2.29. The molecule has 0 aliphatic heterocycles. The van der Waals surface area contributed by atoms with Crippen molar-refractivity contribution in [1.82, 2.24) is 0 Å². The van der Waals surface area contributed by atoms with E-state index in [4.69, 9.17) is 4.74 Å². The van der Waals surface area contributed by atoms with Crippen LogP contribution < -0.4 is 5.43 Å². The lowest BCUT2D eigenvalue weighted by Gasteiger charge is -2.22. The maximum Gasteiger partial charge on any atom is 0.301 e. The lowest BCUT2D eigenvalue weighted by Crippen LogP contribution is -2.22. The second kappa shape index (κ2) is 8.34. The highest BCUT2D eigenvalue weighted by molar-refractivity contribution is 5.83. The van der Waals surface area contributed by atoms with Crippen LogP contribution in [0.1, 0.15) is 40.0 Å². The van der Waals surface area contributed by atoms with E-state index in [-0.39, 0.29) is 22.7 Å². The van der Waals surface area contributed by atoms with E-state index in [2.05, 4.69) is 10.5 Å². The number of rotatable bonds is 9. The summed E-state index contributed by atoms with van der Waals surface area (Å²) in [4.78, 5) is 20.4. The summed E-state index contributed by atoms with van der Waals surface area (Å²) < 4.78 is 5.34. The molecule has 24 heavy (non-hydrogen) atoms. The van der Waals surface area contributed by atoms with Gasteiger partial charge in [-0.1, -0.05) is 0 Å². The molecular weight excluding hydrogens is 316 g/mol. The zero-order chi connectivity index (χ0) is 18.3. The van der Waals surface area contributed by atoms with Gasteiger partial charge in [0.1, 0.15) is 5.69 Å². The summed E-state index contributed by atoms with van der Waals surface area (Å²) in [5, 5.41) is 25.8. The molecule has 1 aromatic carbocycles. The average molecular weight is 338 g/mol. The van der Waals surface area contributed by atoms with Gasteiger partial charge in [0.05, 0.1) is 21.5 Å².